The van der Waals surface area contributed by atoms with Crippen molar-refractivity contribution in [1.29, 1.82) is 0 Å². The number of imide groups is 2. The quantitative estimate of drug-likeness (QED) is 0.134. The number of ether oxygens (including phenoxy) is 1. The second-order valence-corrected chi connectivity index (χ2v) is 10.2. The number of amides is 4. The van der Waals surface area contributed by atoms with E-state index in [1.165, 1.54) is 6.08 Å². The Balaban J connectivity index is 1.45. The molecule has 6 nitrogen and oxygen atoms in total. The van der Waals surface area contributed by atoms with Crippen LogP contribution in [0.3, 0.4) is 0 Å². The molecule has 7 heteroatoms. The molecule has 4 amide bonds. The van der Waals surface area contributed by atoms with Crippen LogP contribution < -0.4 is 15.0 Å². The molecule has 0 atom stereocenters. The number of fused-ring (bicyclic) bond motifs is 1. The number of halogens is 1. The Kier molecular flexibility index (Phi) is 7.94. The Labute approximate surface area is 241 Å². The molecule has 1 N–H and O–H groups in total. The number of carbonyl (C=O) groups excluding carboxylic acids is 3. The molecule has 1 aliphatic rings. The molecular weight excluding hydrogens is 568 g/mol. The first-order valence-corrected chi connectivity index (χ1v) is 13.7. The van der Waals surface area contributed by atoms with Crippen LogP contribution in [0.15, 0.2) is 102 Å². The van der Waals surface area contributed by atoms with E-state index in [9.17, 15) is 14.4 Å². The van der Waals surface area contributed by atoms with E-state index in [0.717, 1.165) is 38.8 Å². The van der Waals surface area contributed by atoms with Gasteiger partial charge in [-0.1, -0.05) is 67.6 Å². The summed E-state index contributed by atoms with van der Waals surface area (Å²) in [5, 5.41) is 4.54. The summed E-state index contributed by atoms with van der Waals surface area (Å²) in [6.07, 6.45) is 4.59. The number of allylic oxidation sites excluding steroid dienone is 1. The van der Waals surface area contributed by atoms with Crippen LogP contribution in [0, 0.1) is 0 Å². The highest BCUT2D eigenvalue weighted by molar-refractivity contribution is 9.10. The molecule has 1 fully saturated rings. The highest BCUT2D eigenvalue weighted by atomic mass is 79.9. The number of nitrogens with zero attached hydrogens (tertiary/aromatic N) is 1. The molecule has 1 heterocycles. The smallest absolute Gasteiger partial charge is 0.335 e. The van der Waals surface area contributed by atoms with Crippen molar-refractivity contribution >= 4 is 56.3 Å². The van der Waals surface area contributed by atoms with Crippen LogP contribution in [-0.4, -0.2) is 17.8 Å². The Bertz CT molecular complexity index is 1670. The van der Waals surface area contributed by atoms with Crippen LogP contribution in [0.25, 0.3) is 16.8 Å². The van der Waals surface area contributed by atoms with Gasteiger partial charge in [0.25, 0.3) is 11.8 Å². The number of benzene rings is 4. The lowest BCUT2D eigenvalue weighted by atomic mass is 10.0. The van der Waals surface area contributed by atoms with Gasteiger partial charge < -0.3 is 4.74 Å². The average Bonchev–Trinajstić information content (AvgIpc) is 2.95. The van der Waals surface area contributed by atoms with Gasteiger partial charge in [-0.25, -0.2) is 9.69 Å². The maximum Gasteiger partial charge on any atom is 0.335 e. The highest BCUT2D eigenvalue weighted by Crippen LogP contribution is 2.34. The number of urea groups is 1. The largest absolute Gasteiger partial charge is 0.487 e. The van der Waals surface area contributed by atoms with Crippen LogP contribution in [0.4, 0.5) is 10.5 Å². The average molecular weight is 595 g/mol. The molecule has 0 aromatic heterocycles. The fourth-order valence-corrected chi connectivity index (χ4v) is 5.37. The van der Waals surface area contributed by atoms with E-state index in [1.807, 2.05) is 49.4 Å². The third kappa shape index (κ3) is 5.46. The highest BCUT2D eigenvalue weighted by Gasteiger charge is 2.36. The molecule has 0 radical (unpaired) electrons. The topological polar surface area (TPSA) is 75.7 Å². The van der Waals surface area contributed by atoms with Gasteiger partial charge in [0.15, 0.2) is 0 Å². The normalized spacial score (nSPS) is 14.5. The Hall–Kier alpha value is -4.49. The minimum atomic E-state index is -0.776. The van der Waals surface area contributed by atoms with Gasteiger partial charge in [0.2, 0.25) is 0 Å². The second-order valence-electron chi connectivity index (χ2n) is 9.39. The SMILES string of the molecule is C=CCc1cc(/C=C2/C(=O)NC(=O)N(c3ccc(CC)cc3)C2=O)cc(Br)c1OCc1cccc2ccccc12. The lowest BCUT2D eigenvalue weighted by Crippen LogP contribution is -2.54. The standard InChI is InChI=1S/C33H27BrN2O4/c1-3-8-24-17-22(19-29(34)30(24)40-20-25-11-7-10-23-9-5-6-12-27(23)25)18-28-31(37)35-33(39)36(32(28)38)26-15-13-21(4-2)14-16-26/h3,5-7,9-19H,1,4,8,20H2,2H3,(H,35,37,39)/b28-18-. The van der Waals surface area contributed by atoms with Crippen LogP contribution in [0.1, 0.15) is 29.2 Å². The van der Waals surface area contributed by atoms with Crippen LogP contribution in [0.2, 0.25) is 0 Å². The fraction of sp³-hybridized carbons (Fsp3) is 0.121. The lowest BCUT2D eigenvalue weighted by Gasteiger charge is -2.26. The predicted octanol–water partition coefficient (Wildman–Crippen LogP) is 7.14. The van der Waals surface area contributed by atoms with E-state index < -0.39 is 17.8 Å². The summed E-state index contributed by atoms with van der Waals surface area (Å²) in [6.45, 7) is 6.25. The summed E-state index contributed by atoms with van der Waals surface area (Å²) in [5.41, 5.74) is 3.83. The fourth-order valence-electron chi connectivity index (χ4n) is 4.73. The molecule has 4 aromatic carbocycles. The van der Waals surface area contributed by atoms with Gasteiger partial charge in [0.05, 0.1) is 10.2 Å². The van der Waals surface area contributed by atoms with Crippen LogP contribution >= 0.6 is 15.9 Å². The Morgan fingerprint density at radius 2 is 1.70 bits per heavy atom. The van der Waals surface area contributed by atoms with E-state index in [2.05, 4.69) is 46.0 Å². The number of hydrogen-bond donors (Lipinski definition) is 1. The number of hydrogen-bond acceptors (Lipinski definition) is 4. The molecular formula is C33H27BrN2O4. The third-order valence-corrected chi connectivity index (χ3v) is 7.36. The zero-order chi connectivity index (χ0) is 28.2. The Morgan fingerprint density at radius 3 is 2.45 bits per heavy atom. The number of anilines is 1. The first-order valence-electron chi connectivity index (χ1n) is 12.9. The molecule has 0 unspecified atom stereocenters. The molecule has 5 rings (SSSR count). The summed E-state index contributed by atoms with van der Waals surface area (Å²) in [5.74, 6) is -0.771. The minimum absolute atomic E-state index is 0.139. The zero-order valence-electron chi connectivity index (χ0n) is 21.9. The number of carbonyl (C=O) groups is 3. The minimum Gasteiger partial charge on any atom is -0.487 e. The predicted molar refractivity (Wildman–Crippen MR) is 161 cm³/mol. The van der Waals surface area contributed by atoms with E-state index in [-0.39, 0.29) is 5.57 Å². The molecule has 4 aromatic rings. The van der Waals surface area contributed by atoms with Crippen molar-refractivity contribution in [3.05, 3.63) is 124 Å². The monoisotopic (exact) mass is 594 g/mol. The van der Waals surface area contributed by atoms with Crippen molar-refractivity contribution < 1.29 is 19.1 Å². The molecule has 0 saturated carbocycles. The van der Waals surface area contributed by atoms with Gasteiger partial charge in [-0.3, -0.25) is 14.9 Å². The summed E-state index contributed by atoms with van der Waals surface area (Å²) in [4.78, 5) is 39.7. The molecule has 1 saturated heterocycles. The van der Waals surface area contributed by atoms with Gasteiger partial charge in [0, 0.05) is 0 Å². The number of aryl methyl sites for hydroxylation is 1. The van der Waals surface area contributed by atoms with E-state index in [1.54, 1.807) is 24.3 Å². The van der Waals surface area contributed by atoms with Crippen LogP contribution in [-0.2, 0) is 29.0 Å². The third-order valence-electron chi connectivity index (χ3n) is 6.77. The van der Waals surface area contributed by atoms with Gasteiger partial charge >= 0.3 is 6.03 Å². The number of rotatable bonds is 8. The maximum absolute atomic E-state index is 13.4. The molecule has 1 aliphatic heterocycles. The van der Waals surface area contributed by atoms with Gasteiger partial charge in [0.1, 0.15) is 17.9 Å². The van der Waals surface area contributed by atoms with Crippen LogP contribution in [0.5, 0.6) is 5.75 Å². The molecule has 0 bridgehead atoms. The summed E-state index contributed by atoms with van der Waals surface area (Å²) < 4.78 is 6.97. The first-order chi connectivity index (χ1) is 19.4. The van der Waals surface area contributed by atoms with Crippen molar-refractivity contribution in [2.24, 2.45) is 0 Å². The molecule has 200 valence electrons. The number of barbiturate groups is 1. The van der Waals surface area contributed by atoms with Crippen molar-refractivity contribution in [3.8, 4) is 5.75 Å². The number of nitrogens with one attached hydrogen (secondary N) is 1. The summed E-state index contributed by atoms with van der Waals surface area (Å²) in [7, 11) is 0. The first kappa shape index (κ1) is 27.1. The van der Waals surface area contributed by atoms with E-state index in [0.29, 0.717) is 34.5 Å². The molecule has 40 heavy (non-hydrogen) atoms. The van der Waals surface area contributed by atoms with Crippen molar-refractivity contribution in [3.63, 3.8) is 0 Å². The van der Waals surface area contributed by atoms with E-state index >= 15 is 0 Å². The summed E-state index contributed by atoms with van der Waals surface area (Å²) in [6, 6.07) is 24.2. The van der Waals surface area contributed by atoms with Crippen molar-refractivity contribution in [2.45, 2.75) is 26.4 Å². The molecule has 0 spiro atoms. The van der Waals surface area contributed by atoms with Gasteiger partial charge in [-0.15, -0.1) is 6.58 Å². The second kappa shape index (κ2) is 11.7. The molecule has 0 aliphatic carbocycles. The van der Waals surface area contributed by atoms with Gasteiger partial charge in [-0.2, -0.15) is 0 Å². The van der Waals surface area contributed by atoms with Gasteiger partial charge in [-0.05, 0) is 92.1 Å². The van der Waals surface area contributed by atoms with Crippen molar-refractivity contribution in [1.82, 2.24) is 5.32 Å². The maximum atomic E-state index is 13.4. The Morgan fingerprint density at radius 1 is 0.950 bits per heavy atom. The summed E-state index contributed by atoms with van der Waals surface area (Å²) >= 11 is 3.62. The van der Waals surface area contributed by atoms with E-state index in [4.69, 9.17) is 4.74 Å². The van der Waals surface area contributed by atoms with Crippen molar-refractivity contribution in [2.75, 3.05) is 4.90 Å². The lowest BCUT2D eigenvalue weighted by molar-refractivity contribution is -0.122. The zero-order valence-corrected chi connectivity index (χ0v) is 23.5.